The first-order valence-corrected chi connectivity index (χ1v) is 6.70. The van der Waals surface area contributed by atoms with E-state index in [1.807, 2.05) is 6.07 Å². The third kappa shape index (κ3) is 5.48. The second-order valence-electron chi connectivity index (χ2n) is 5.15. The van der Waals surface area contributed by atoms with Crippen LogP contribution in [-0.4, -0.2) is 24.3 Å². The zero-order chi connectivity index (χ0) is 13.4. The van der Waals surface area contributed by atoms with Crippen molar-refractivity contribution < 1.29 is 5.11 Å². The average molecular weight is 247 g/mol. The van der Waals surface area contributed by atoms with Crippen molar-refractivity contribution in [2.24, 2.45) is 5.92 Å². The first-order chi connectivity index (χ1) is 8.63. The van der Waals surface area contributed by atoms with E-state index < -0.39 is 0 Å². The Hall–Kier alpha value is -1.12. The standard InChI is InChI=1S/C16H25NO/c1-13(2)16(9-10-18)17-12-14(3)11-15-7-5-4-6-8-15/h4-8,11,13,16-18H,9-10,12H2,1-3H3. The summed E-state index contributed by atoms with van der Waals surface area (Å²) in [5.74, 6) is 0.543. The summed E-state index contributed by atoms with van der Waals surface area (Å²) < 4.78 is 0. The second kappa shape index (κ2) is 8.06. The van der Waals surface area contributed by atoms with Crippen LogP contribution >= 0.6 is 0 Å². The van der Waals surface area contributed by atoms with Crippen molar-refractivity contribution in [1.29, 1.82) is 0 Å². The van der Waals surface area contributed by atoms with Gasteiger partial charge in [-0.1, -0.05) is 55.8 Å². The number of aliphatic hydroxyl groups excluding tert-OH is 1. The smallest absolute Gasteiger partial charge is 0.0445 e. The van der Waals surface area contributed by atoms with Crippen LogP contribution in [0.2, 0.25) is 0 Å². The largest absolute Gasteiger partial charge is 0.396 e. The third-order valence-electron chi connectivity index (χ3n) is 3.10. The number of nitrogens with one attached hydrogen (secondary N) is 1. The molecule has 0 aliphatic rings. The quantitative estimate of drug-likeness (QED) is 0.776. The minimum atomic E-state index is 0.247. The van der Waals surface area contributed by atoms with Gasteiger partial charge in [0, 0.05) is 19.2 Å². The summed E-state index contributed by atoms with van der Waals surface area (Å²) in [6.07, 6.45) is 3.01. The SMILES string of the molecule is CC(=Cc1ccccc1)CNC(CCO)C(C)C. The number of benzene rings is 1. The van der Waals surface area contributed by atoms with Gasteiger partial charge in [0.25, 0.3) is 0 Å². The zero-order valence-electron chi connectivity index (χ0n) is 11.7. The third-order valence-corrected chi connectivity index (χ3v) is 3.10. The van der Waals surface area contributed by atoms with Gasteiger partial charge >= 0.3 is 0 Å². The molecule has 2 nitrogen and oxygen atoms in total. The van der Waals surface area contributed by atoms with E-state index in [0.717, 1.165) is 13.0 Å². The first kappa shape index (κ1) is 14.9. The van der Waals surface area contributed by atoms with E-state index in [-0.39, 0.29) is 6.61 Å². The Labute approximate surface area is 111 Å². The van der Waals surface area contributed by atoms with Crippen molar-refractivity contribution in [3.63, 3.8) is 0 Å². The lowest BCUT2D eigenvalue weighted by Gasteiger charge is -2.21. The van der Waals surface area contributed by atoms with Crippen molar-refractivity contribution in [1.82, 2.24) is 5.32 Å². The molecule has 1 atom stereocenters. The van der Waals surface area contributed by atoms with E-state index in [1.165, 1.54) is 11.1 Å². The average Bonchev–Trinajstić information content (AvgIpc) is 2.35. The van der Waals surface area contributed by atoms with E-state index in [2.05, 4.69) is 56.4 Å². The van der Waals surface area contributed by atoms with E-state index in [9.17, 15) is 0 Å². The number of hydrogen-bond donors (Lipinski definition) is 2. The normalized spacial score (nSPS) is 13.9. The molecular formula is C16H25NO. The second-order valence-corrected chi connectivity index (χ2v) is 5.15. The van der Waals surface area contributed by atoms with Crippen molar-refractivity contribution in [2.75, 3.05) is 13.2 Å². The van der Waals surface area contributed by atoms with Crippen LogP contribution in [0, 0.1) is 5.92 Å². The van der Waals surface area contributed by atoms with Gasteiger partial charge in [-0.3, -0.25) is 0 Å². The Kier molecular flexibility index (Phi) is 6.69. The topological polar surface area (TPSA) is 32.3 Å². The van der Waals surface area contributed by atoms with Gasteiger partial charge in [0.05, 0.1) is 0 Å². The Balaban J connectivity index is 2.49. The maximum absolute atomic E-state index is 9.03. The molecule has 0 aromatic heterocycles. The lowest BCUT2D eigenvalue weighted by atomic mass is 10.0. The molecule has 0 bridgehead atoms. The fraction of sp³-hybridized carbons (Fsp3) is 0.500. The molecule has 100 valence electrons. The highest BCUT2D eigenvalue weighted by Crippen LogP contribution is 2.08. The van der Waals surface area contributed by atoms with Crippen LogP contribution < -0.4 is 5.32 Å². The minimum Gasteiger partial charge on any atom is -0.396 e. The zero-order valence-corrected chi connectivity index (χ0v) is 11.7. The Morgan fingerprint density at radius 3 is 2.50 bits per heavy atom. The molecule has 0 saturated heterocycles. The number of hydrogen-bond acceptors (Lipinski definition) is 2. The van der Waals surface area contributed by atoms with Crippen LogP contribution in [0.1, 0.15) is 32.8 Å². The predicted octanol–water partition coefficient (Wildman–Crippen LogP) is 3.09. The molecule has 2 heteroatoms. The van der Waals surface area contributed by atoms with E-state index in [0.29, 0.717) is 12.0 Å². The molecule has 0 aliphatic carbocycles. The van der Waals surface area contributed by atoms with Gasteiger partial charge in [0.1, 0.15) is 0 Å². The van der Waals surface area contributed by atoms with Gasteiger partial charge in [0.2, 0.25) is 0 Å². The van der Waals surface area contributed by atoms with Gasteiger partial charge in [-0.15, -0.1) is 0 Å². The van der Waals surface area contributed by atoms with Gasteiger partial charge in [-0.2, -0.15) is 0 Å². The molecule has 1 rings (SSSR count). The summed E-state index contributed by atoms with van der Waals surface area (Å²) in [6.45, 7) is 7.62. The summed E-state index contributed by atoms with van der Waals surface area (Å²) in [5, 5.41) is 12.5. The fourth-order valence-electron chi connectivity index (χ4n) is 1.99. The molecule has 0 saturated carbocycles. The van der Waals surface area contributed by atoms with Crippen molar-refractivity contribution in [3.8, 4) is 0 Å². The number of aliphatic hydroxyl groups is 1. The van der Waals surface area contributed by atoms with Crippen LogP contribution in [0.15, 0.2) is 35.9 Å². The first-order valence-electron chi connectivity index (χ1n) is 6.70. The van der Waals surface area contributed by atoms with Gasteiger partial charge in [-0.05, 0) is 24.8 Å². The molecule has 2 N–H and O–H groups in total. The van der Waals surface area contributed by atoms with Crippen LogP contribution in [-0.2, 0) is 0 Å². The molecule has 0 spiro atoms. The maximum atomic E-state index is 9.03. The van der Waals surface area contributed by atoms with E-state index in [1.54, 1.807) is 0 Å². The van der Waals surface area contributed by atoms with E-state index in [4.69, 9.17) is 5.11 Å². The highest BCUT2D eigenvalue weighted by molar-refractivity contribution is 5.52. The van der Waals surface area contributed by atoms with Crippen molar-refractivity contribution in [2.45, 2.75) is 33.2 Å². The summed E-state index contributed by atoms with van der Waals surface area (Å²) in [6, 6.07) is 10.7. The highest BCUT2D eigenvalue weighted by Gasteiger charge is 2.11. The summed E-state index contributed by atoms with van der Waals surface area (Å²) in [5.41, 5.74) is 2.55. The summed E-state index contributed by atoms with van der Waals surface area (Å²) in [7, 11) is 0. The molecule has 1 aromatic rings. The minimum absolute atomic E-state index is 0.247. The van der Waals surface area contributed by atoms with Gasteiger partial charge in [0.15, 0.2) is 0 Å². The molecule has 0 heterocycles. The molecule has 1 unspecified atom stereocenters. The molecule has 0 aliphatic heterocycles. The van der Waals surface area contributed by atoms with E-state index >= 15 is 0 Å². The molecule has 1 aromatic carbocycles. The highest BCUT2D eigenvalue weighted by atomic mass is 16.3. The molecule has 0 amide bonds. The van der Waals surface area contributed by atoms with Gasteiger partial charge in [-0.25, -0.2) is 0 Å². The predicted molar refractivity (Wildman–Crippen MR) is 78.4 cm³/mol. The lowest BCUT2D eigenvalue weighted by molar-refractivity contribution is 0.247. The number of rotatable bonds is 7. The van der Waals surface area contributed by atoms with Crippen molar-refractivity contribution >= 4 is 6.08 Å². The van der Waals surface area contributed by atoms with Crippen molar-refractivity contribution in [3.05, 3.63) is 41.5 Å². The summed E-state index contributed by atoms with van der Waals surface area (Å²) >= 11 is 0. The monoisotopic (exact) mass is 247 g/mol. The Morgan fingerprint density at radius 2 is 1.94 bits per heavy atom. The fourth-order valence-corrected chi connectivity index (χ4v) is 1.99. The molecular weight excluding hydrogens is 222 g/mol. The Morgan fingerprint density at radius 1 is 1.28 bits per heavy atom. The van der Waals surface area contributed by atoms with Crippen LogP contribution in [0.25, 0.3) is 6.08 Å². The van der Waals surface area contributed by atoms with Crippen LogP contribution in [0.5, 0.6) is 0 Å². The Bertz CT molecular complexity index is 357. The summed E-state index contributed by atoms with van der Waals surface area (Å²) in [4.78, 5) is 0. The maximum Gasteiger partial charge on any atom is 0.0445 e. The molecule has 0 radical (unpaired) electrons. The van der Waals surface area contributed by atoms with Crippen LogP contribution in [0.4, 0.5) is 0 Å². The molecule has 0 fully saturated rings. The van der Waals surface area contributed by atoms with Gasteiger partial charge < -0.3 is 10.4 Å². The lowest BCUT2D eigenvalue weighted by Crippen LogP contribution is -2.35. The molecule has 18 heavy (non-hydrogen) atoms. The van der Waals surface area contributed by atoms with Crippen LogP contribution in [0.3, 0.4) is 0 Å².